The molecule has 0 bridgehead atoms. The first kappa shape index (κ1) is 14.8. The molecule has 2 aliphatic rings. The van der Waals surface area contributed by atoms with Gasteiger partial charge < -0.3 is 4.74 Å². The van der Waals surface area contributed by atoms with E-state index in [-0.39, 0.29) is 6.10 Å². The van der Waals surface area contributed by atoms with Crippen LogP contribution in [0.15, 0.2) is 11.6 Å². The third kappa shape index (κ3) is 4.17. The van der Waals surface area contributed by atoms with Crippen molar-refractivity contribution in [3.63, 3.8) is 0 Å². The molecule has 2 rings (SSSR count). The van der Waals surface area contributed by atoms with Crippen molar-refractivity contribution in [3.8, 4) is 0 Å². The molecule has 0 aromatic carbocycles. The fraction of sp³-hybridized carbons (Fsp3) is 0.824. The lowest BCUT2D eigenvalue weighted by molar-refractivity contribution is -0.131. The predicted octanol–water partition coefficient (Wildman–Crippen LogP) is 4.43. The monoisotopic (exact) mass is 264 g/mol. The molecule has 1 atom stereocenters. The van der Waals surface area contributed by atoms with Gasteiger partial charge in [0.2, 0.25) is 0 Å². The van der Waals surface area contributed by atoms with Crippen molar-refractivity contribution >= 4 is 5.78 Å². The van der Waals surface area contributed by atoms with Gasteiger partial charge >= 0.3 is 0 Å². The second-order valence-electron chi connectivity index (χ2n) is 5.97. The van der Waals surface area contributed by atoms with Crippen molar-refractivity contribution in [2.75, 3.05) is 6.61 Å². The van der Waals surface area contributed by atoms with E-state index < -0.39 is 0 Å². The lowest BCUT2D eigenvalue weighted by Crippen LogP contribution is -2.35. The average molecular weight is 264 g/mol. The van der Waals surface area contributed by atoms with Gasteiger partial charge in [0.1, 0.15) is 6.10 Å². The van der Waals surface area contributed by atoms with Gasteiger partial charge in [0, 0.05) is 6.61 Å². The van der Waals surface area contributed by atoms with Gasteiger partial charge in [-0.1, -0.05) is 31.8 Å². The summed E-state index contributed by atoms with van der Waals surface area (Å²) in [5.74, 6) is 0.765. The molecule has 1 unspecified atom stereocenters. The van der Waals surface area contributed by atoms with Crippen LogP contribution < -0.4 is 0 Å². The third-order valence-electron chi connectivity index (χ3n) is 4.54. The Morgan fingerprint density at radius 2 is 1.95 bits per heavy atom. The van der Waals surface area contributed by atoms with Gasteiger partial charge in [-0.3, -0.25) is 4.79 Å². The van der Waals surface area contributed by atoms with Gasteiger partial charge in [-0.25, -0.2) is 0 Å². The van der Waals surface area contributed by atoms with Gasteiger partial charge in [0.25, 0.3) is 0 Å². The van der Waals surface area contributed by atoms with Crippen LogP contribution in [0.3, 0.4) is 0 Å². The quantitative estimate of drug-likeness (QED) is 0.734. The zero-order valence-corrected chi connectivity index (χ0v) is 12.3. The maximum Gasteiger partial charge on any atom is 0.187 e. The van der Waals surface area contributed by atoms with Crippen LogP contribution in [0.1, 0.15) is 71.1 Å². The maximum absolute atomic E-state index is 12.7. The summed E-state index contributed by atoms with van der Waals surface area (Å²) in [6, 6.07) is 0. The molecule has 1 saturated carbocycles. The first-order valence-electron chi connectivity index (χ1n) is 8.17. The third-order valence-corrected chi connectivity index (χ3v) is 4.54. The van der Waals surface area contributed by atoms with Crippen molar-refractivity contribution in [1.82, 2.24) is 0 Å². The Balaban J connectivity index is 2.03. The second-order valence-corrected chi connectivity index (χ2v) is 5.97. The number of hydrogen-bond donors (Lipinski definition) is 0. The van der Waals surface area contributed by atoms with Gasteiger partial charge in [0.05, 0.1) is 0 Å². The Morgan fingerprint density at radius 3 is 2.68 bits per heavy atom. The largest absolute Gasteiger partial charge is 0.370 e. The van der Waals surface area contributed by atoms with Crippen LogP contribution in [0.4, 0.5) is 0 Å². The molecule has 0 aliphatic heterocycles. The summed E-state index contributed by atoms with van der Waals surface area (Å²) in [6.07, 6.45) is 13.9. The highest BCUT2D eigenvalue weighted by Gasteiger charge is 2.31. The first-order chi connectivity index (χ1) is 9.33. The summed E-state index contributed by atoms with van der Waals surface area (Å²) < 4.78 is 5.85. The molecule has 0 radical (unpaired) electrons. The van der Waals surface area contributed by atoms with Crippen LogP contribution in [0.25, 0.3) is 0 Å². The highest BCUT2D eigenvalue weighted by molar-refractivity contribution is 5.99. The fourth-order valence-electron chi connectivity index (χ4n) is 3.46. The molecule has 2 heteroatoms. The van der Waals surface area contributed by atoms with Crippen molar-refractivity contribution < 1.29 is 9.53 Å². The van der Waals surface area contributed by atoms with Gasteiger partial charge in [-0.15, -0.1) is 0 Å². The first-order valence-corrected chi connectivity index (χ1v) is 8.17. The summed E-state index contributed by atoms with van der Waals surface area (Å²) in [5.41, 5.74) is 1.06. The molecule has 2 nitrogen and oxygen atoms in total. The number of rotatable bonds is 5. The number of Topliss-reactive ketones (excluding diaryl/α,β-unsaturated/α-hetero) is 1. The van der Waals surface area contributed by atoms with Crippen molar-refractivity contribution in [3.05, 3.63) is 11.6 Å². The lowest BCUT2D eigenvalue weighted by atomic mass is 9.82. The molecule has 2 aliphatic carbocycles. The van der Waals surface area contributed by atoms with E-state index in [1.807, 2.05) is 6.92 Å². The van der Waals surface area contributed by atoms with Crippen molar-refractivity contribution in [2.24, 2.45) is 5.92 Å². The maximum atomic E-state index is 12.7. The van der Waals surface area contributed by atoms with Gasteiger partial charge in [-0.2, -0.15) is 0 Å². The lowest BCUT2D eigenvalue weighted by Gasteiger charge is -2.29. The average Bonchev–Trinajstić information content (AvgIpc) is 2.74. The standard InChI is InChI=1S/C17H28O2/c1-2-19-17(15-12-8-5-9-13-15)16(18)14-10-6-3-4-7-11-14/h10,15,17H,2-9,11-13H2,1H3. The number of hydrogen-bond acceptors (Lipinski definition) is 2. The SMILES string of the molecule is CCOC(C(=O)C1=CCCCCC1)C1CCCCC1. The molecule has 19 heavy (non-hydrogen) atoms. The summed E-state index contributed by atoms with van der Waals surface area (Å²) >= 11 is 0. The van der Waals surface area contributed by atoms with Gasteiger partial charge in [-0.05, 0) is 56.9 Å². The summed E-state index contributed by atoms with van der Waals surface area (Å²) in [5, 5.41) is 0. The highest BCUT2D eigenvalue weighted by Crippen LogP contribution is 2.31. The zero-order chi connectivity index (χ0) is 13.5. The minimum absolute atomic E-state index is 0.158. The molecule has 0 N–H and O–H groups in total. The molecule has 0 spiro atoms. The Kier molecular flexibility index (Phi) is 6.09. The van der Waals surface area contributed by atoms with Crippen LogP contribution >= 0.6 is 0 Å². The van der Waals surface area contributed by atoms with E-state index in [4.69, 9.17) is 4.74 Å². The van der Waals surface area contributed by atoms with Crippen molar-refractivity contribution in [1.29, 1.82) is 0 Å². The molecule has 1 fully saturated rings. The molecule has 0 aromatic heterocycles. The topological polar surface area (TPSA) is 26.3 Å². The van der Waals surface area contributed by atoms with E-state index >= 15 is 0 Å². The Hall–Kier alpha value is -0.630. The molecule has 0 heterocycles. The predicted molar refractivity (Wildman–Crippen MR) is 78.2 cm³/mol. The molecule has 0 saturated heterocycles. The Morgan fingerprint density at radius 1 is 1.21 bits per heavy atom. The number of carbonyl (C=O) groups is 1. The summed E-state index contributed by atoms with van der Waals surface area (Å²) in [4.78, 5) is 12.7. The van der Waals surface area contributed by atoms with Crippen LogP contribution in [-0.2, 0) is 9.53 Å². The van der Waals surface area contributed by atoms with Crippen LogP contribution in [-0.4, -0.2) is 18.5 Å². The Labute approximate surface area is 117 Å². The zero-order valence-electron chi connectivity index (χ0n) is 12.3. The molecule has 0 amide bonds. The summed E-state index contributed by atoms with van der Waals surface area (Å²) in [6.45, 7) is 2.66. The smallest absolute Gasteiger partial charge is 0.187 e. The fourth-order valence-corrected chi connectivity index (χ4v) is 3.46. The number of ketones is 1. The second kappa shape index (κ2) is 7.84. The van der Waals surface area contributed by atoms with E-state index in [2.05, 4.69) is 6.08 Å². The van der Waals surface area contributed by atoms with Gasteiger partial charge in [0.15, 0.2) is 5.78 Å². The summed E-state index contributed by atoms with van der Waals surface area (Å²) in [7, 11) is 0. The number of ether oxygens (including phenoxy) is 1. The number of carbonyl (C=O) groups excluding carboxylic acids is 1. The van der Waals surface area contributed by atoms with E-state index in [0.29, 0.717) is 18.3 Å². The Bertz CT molecular complexity index is 313. The molecular weight excluding hydrogens is 236 g/mol. The van der Waals surface area contributed by atoms with E-state index in [1.54, 1.807) is 0 Å². The minimum atomic E-state index is -0.158. The van der Waals surface area contributed by atoms with Crippen LogP contribution in [0.2, 0.25) is 0 Å². The molecule has 108 valence electrons. The van der Waals surface area contributed by atoms with E-state index in [1.165, 1.54) is 51.4 Å². The molecule has 0 aromatic rings. The minimum Gasteiger partial charge on any atom is -0.370 e. The van der Waals surface area contributed by atoms with E-state index in [0.717, 1.165) is 18.4 Å². The van der Waals surface area contributed by atoms with Crippen LogP contribution in [0.5, 0.6) is 0 Å². The number of allylic oxidation sites excluding steroid dienone is 1. The van der Waals surface area contributed by atoms with Crippen LogP contribution in [0, 0.1) is 5.92 Å². The normalized spacial score (nSPS) is 23.5. The van der Waals surface area contributed by atoms with E-state index in [9.17, 15) is 4.79 Å². The highest BCUT2D eigenvalue weighted by atomic mass is 16.5. The molecular formula is C17H28O2. The van der Waals surface area contributed by atoms with Crippen molar-refractivity contribution in [2.45, 2.75) is 77.2 Å².